The van der Waals surface area contributed by atoms with Crippen LogP contribution in [-0.2, 0) is 11.3 Å². The second-order valence-electron chi connectivity index (χ2n) is 5.61. The first kappa shape index (κ1) is 12.6. The van der Waals surface area contributed by atoms with Gasteiger partial charge in [-0.3, -0.25) is 4.79 Å². The first-order valence-electron chi connectivity index (χ1n) is 6.07. The molecule has 0 radical (unpaired) electrons. The highest BCUT2D eigenvalue weighted by atomic mass is 16.2. The molecule has 0 fully saturated rings. The summed E-state index contributed by atoms with van der Waals surface area (Å²) < 4.78 is 0. The third-order valence-electron chi connectivity index (χ3n) is 2.81. The molecule has 18 heavy (non-hydrogen) atoms. The van der Waals surface area contributed by atoms with Crippen molar-refractivity contribution in [3.8, 4) is 0 Å². The van der Waals surface area contributed by atoms with Crippen LogP contribution in [0.15, 0.2) is 24.3 Å². The third kappa shape index (κ3) is 2.53. The minimum Gasteiger partial charge on any atom is -0.340 e. The Labute approximate surface area is 107 Å². The Morgan fingerprint density at radius 1 is 1.33 bits per heavy atom. The molecule has 0 aliphatic heterocycles. The zero-order chi connectivity index (χ0) is 13.3. The van der Waals surface area contributed by atoms with Crippen LogP contribution in [0.3, 0.4) is 0 Å². The SMILES string of the molecule is CN(Cc1nc2ccccc2[nH]1)C(=O)C(C)(C)C. The fourth-order valence-electron chi connectivity index (χ4n) is 1.95. The van der Waals surface area contributed by atoms with Crippen molar-refractivity contribution < 1.29 is 4.79 Å². The molecule has 0 aliphatic rings. The van der Waals surface area contributed by atoms with E-state index in [0.29, 0.717) is 6.54 Å². The van der Waals surface area contributed by atoms with Gasteiger partial charge in [0.25, 0.3) is 0 Å². The second-order valence-corrected chi connectivity index (χ2v) is 5.61. The molecule has 0 bridgehead atoms. The summed E-state index contributed by atoms with van der Waals surface area (Å²) >= 11 is 0. The lowest BCUT2D eigenvalue weighted by atomic mass is 9.95. The number of imidazole rings is 1. The number of hydrogen-bond acceptors (Lipinski definition) is 2. The fourth-order valence-corrected chi connectivity index (χ4v) is 1.95. The monoisotopic (exact) mass is 245 g/mol. The van der Waals surface area contributed by atoms with E-state index < -0.39 is 0 Å². The van der Waals surface area contributed by atoms with Gasteiger partial charge in [0.05, 0.1) is 17.6 Å². The molecule has 0 aliphatic carbocycles. The van der Waals surface area contributed by atoms with Gasteiger partial charge < -0.3 is 9.88 Å². The zero-order valence-electron chi connectivity index (χ0n) is 11.3. The van der Waals surface area contributed by atoms with Crippen LogP contribution in [-0.4, -0.2) is 27.8 Å². The van der Waals surface area contributed by atoms with E-state index >= 15 is 0 Å². The van der Waals surface area contributed by atoms with Crippen molar-refractivity contribution in [1.29, 1.82) is 0 Å². The smallest absolute Gasteiger partial charge is 0.228 e. The van der Waals surface area contributed by atoms with Gasteiger partial charge in [-0.05, 0) is 12.1 Å². The fraction of sp³-hybridized carbons (Fsp3) is 0.429. The van der Waals surface area contributed by atoms with Crippen LogP contribution in [0.2, 0.25) is 0 Å². The van der Waals surface area contributed by atoms with Crippen LogP contribution < -0.4 is 0 Å². The summed E-state index contributed by atoms with van der Waals surface area (Å²) in [6.45, 7) is 6.27. The van der Waals surface area contributed by atoms with Gasteiger partial charge in [0.2, 0.25) is 5.91 Å². The molecule has 0 saturated heterocycles. The third-order valence-corrected chi connectivity index (χ3v) is 2.81. The summed E-state index contributed by atoms with van der Waals surface area (Å²) in [6, 6.07) is 7.86. The average Bonchev–Trinajstić information content (AvgIpc) is 2.68. The Hall–Kier alpha value is -1.84. The first-order chi connectivity index (χ1) is 8.38. The van der Waals surface area contributed by atoms with Crippen LogP contribution in [0, 0.1) is 5.41 Å². The van der Waals surface area contributed by atoms with Gasteiger partial charge in [0, 0.05) is 12.5 Å². The Morgan fingerprint density at radius 2 is 2.00 bits per heavy atom. The van der Waals surface area contributed by atoms with Crippen molar-refractivity contribution in [3.05, 3.63) is 30.1 Å². The number of nitrogens with zero attached hydrogens (tertiary/aromatic N) is 2. The van der Waals surface area contributed by atoms with Crippen LogP contribution in [0.1, 0.15) is 26.6 Å². The Balaban J connectivity index is 2.16. The van der Waals surface area contributed by atoms with Gasteiger partial charge in [0.1, 0.15) is 5.82 Å². The summed E-state index contributed by atoms with van der Waals surface area (Å²) in [5.74, 6) is 0.930. The molecule has 0 saturated carbocycles. The van der Waals surface area contributed by atoms with E-state index in [9.17, 15) is 4.79 Å². The number of para-hydroxylation sites is 2. The van der Waals surface area contributed by atoms with Crippen LogP contribution in [0.5, 0.6) is 0 Å². The molecule has 2 aromatic rings. The highest BCUT2D eigenvalue weighted by molar-refractivity contribution is 5.81. The Bertz CT molecular complexity index is 533. The standard InChI is InChI=1S/C14H19N3O/c1-14(2,3)13(18)17(4)9-12-15-10-7-5-6-8-11(10)16-12/h5-8H,9H2,1-4H3,(H,15,16). The number of hydrogen-bond donors (Lipinski definition) is 1. The Morgan fingerprint density at radius 3 is 2.61 bits per heavy atom. The van der Waals surface area contributed by atoms with Crippen molar-refractivity contribution in [2.24, 2.45) is 5.41 Å². The molecule has 0 unspecified atom stereocenters. The molecule has 4 heteroatoms. The number of benzene rings is 1. The van der Waals surface area contributed by atoms with E-state index in [1.54, 1.807) is 11.9 Å². The molecule has 1 aromatic heterocycles. The maximum Gasteiger partial charge on any atom is 0.228 e. The summed E-state index contributed by atoms with van der Waals surface area (Å²) in [4.78, 5) is 21.5. The highest BCUT2D eigenvalue weighted by Crippen LogP contribution is 2.18. The van der Waals surface area contributed by atoms with Gasteiger partial charge in [-0.25, -0.2) is 4.98 Å². The first-order valence-corrected chi connectivity index (χ1v) is 6.07. The van der Waals surface area contributed by atoms with Crippen LogP contribution >= 0.6 is 0 Å². The van der Waals surface area contributed by atoms with Gasteiger partial charge in [-0.1, -0.05) is 32.9 Å². The number of aromatic nitrogens is 2. The predicted molar refractivity (Wildman–Crippen MR) is 72.0 cm³/mol. The van der Waals surface area contributed by atoms with E-state index in [1.165, 1.54) is 0 Å². The number of rotatable bonds is 2. The molecule has 1 amide bonds. The number of fused-ring (bicyclic) bond motifs is 1. The minimum absolute atomic E-state index is 0.114. The number of carbonyl (C=O) groups is 1. The van der Waals surface area contributed by atoms with Gasteiger partial charge in [0.15, 0.2) is 0 Å². The predicted octanol–water partition coefficient (Wildman–Crippen LogP) is 2.57. The molecule has 2 rings (SSSR count). The van der Waals surface area contributed by atoms with Gasteiger partial charge in [-0.2, -0.15) is 0 Å². The normalized spacial score (nSPS) is 11.8. The topological polar surface area (TPSA) is 49.0 Å². The molecule has 0 spiro atoms. The molecule has 0 atom stereocenters. The van der Waals surface area contributed by atoms with E-state index in [-0.39, 0.29) is 11.3 Å². The average molecular weight is 245 g/mol. The number of nitrogens with one attached hydrogen (secondary N) is 1. The summed E-state index contributed by atoms with van der Waals surface area (Å²) in [5, 5.41) is 0. The van der Waals surface area contributed by atoms with Gasteiger partial charge in [-0.15, -0.1) is 0 Å². The van der Waals surface area contributed by atoms with Crippen molar-refractivity contribution in [2.45, 2.75) is 27.3 Å². The molecule has 1 aromatic carbocycles. The number of aromatic amines is 1. The molecule has 96 valence electrons. The van der Waals surface area contributed by atoms with E-state index in [2.05, 4.69) is 9.97 Å². The summed E-state index contributed by atoms with van der Waals surface area (Å²) in [5.41, 5.74) is 1.58. The molecule has 1 N–H and O–H groups in total. The van der Waals surface area contributed by atoms with Crippen LogP contribution in [0.25, 0.3) is 11.0 Å². The van der Waals surface area contributed by atoms with E-state index in [0.717, 1.165) is 16.9 Å². The maximum absolute atomic E-state index is 12.1. The van der Waals surface area contributed by atoms with Crippen molar-refractivity contribution >= 4 is 16.9 Å². The molecular weight excluding hydrogens is 226 g/mol. The lowest BCUT2D eigenvalue weighted by Gasteiger charge is -2.25. The largest absolute Gasteiger partial charge is 0.340 e. The summed E-state index contributed by atoms with van der Waals surface area (Å²) in [7, 11) is 1.81. The highest BCUT2D eigenvalue weighted by Gasteiger charge is 2.25. The molecule has 4 nitrogen and oxygen atoms in total. The quantitative estimate of drug-likeness (QED) is 0.884. The van der Waals surface area contributed by atoms with Gasteiger partial charge >= 0.3 is 0 Å². The minimum atomic E-state index is -0.360. The number of amides is 1. The Kier molecular flexibility index (Phi) is 3.11. The second kappa shape index (κ2) is 4.44. The number of H-pyrrole nitrogens is 1. The lowest BCUT2D eigenvalue weighted by Crippen LogP contribution is -2.36. The van der Waals surface area contributed by atoms with Crippen molar-refractivity contribution in [3.63, 3.8) is 0 Å². The molecular formula is C14H19N3O. The van der Waals surface area contributed by atoms with Crippen molar-refractivity contribution in [2.75, 3.05) is 7.05 Å². The molecule has 1 heterocycles. The van der Waals surface area contributed by atoms with Crippen molar-refractivity contribution in [1.82, 2.24) is 14.9 Å². The van der Waals surface area contributed by atoms with E-state index in [1.807, 2.05) is 45.0 Å². The zero-order valence-corrected chi connectivity index (χ0v) is 11.3. The lowest BCUT2D eigenvalue weighted by molar-refractivity contribution is -0.138. The maximum atomic E-state index is 12.1. The number of carbonyl (C=O) groups excluding carboxylic acids is 1. The van der Waals surface area contributed by atoms with Crippen LogP contribution in [0.4, 0.5) is 0 Å². The van der Waals surface area contributed by atoms with E-state index in [4.69, 9.17) is 0 Å². The summed E-state index contributed by atoms with van der Waals surface area (Å²) in [6.07, 6.45) is 0.